The van der Waals surface area contributed by atoms with Crippen LogP contribution in [0.1, 0.15) is 20.3 Å². The molecule has 3 rings (SSSR count). The minimum absolute atomic E-state index is 0.0562. The largest absolute Gasteiger partial charge is 0.342 e. The quantitative estimate of drug-likeness (QED) is 0.906. The monoisotopic (exact) mass is 300 g/mol. The highest BCUT2D eigenvalue weighted by Crippen LogP contribution is 2.23. The van der Waals surface area contributed by atoms with E-state index in [2.05, 4.69) is 29.4 Å². The summed E-state index contributed by atoms with van der Waals surface area (Å²) in [5, 5.41) is 10.7. The minimum atomic E-state index is -0.304. The van der Waals surface area contributed by atoms with E-state index in [0.29, 0.717) is 24.8 Å². The number of rotatable bonds is 4. The number of nitrogens with zero attached hydrogens (tertiary/aromatic N) is 2. The molecule has 2 aromatic rings. The van der Waals surface area contributed by atoms with Crippen LogP contribution >= 0.6 is 0 Å². The van der Waals surface area contributed by atoms with E-state index < -0.39 is 0 Å². The Morgan fingerprint density at radius 1 is 1.45 bits per heavy atom. The molecule has 1 aliphatic heterocycles. The van der Waals surface area contributed by atoms with Crippen LogP contribution in [-0.4, -0.2) is 40.0 Å². The van der Waals surface area contributed by atoms with Gasteiger partial charge in [0.05, 0.1) is 11.4 Å². The van der Waals surface area contributed by atoms with Gasteiger partial charge in [-0.1, -0.05) is 26.0 Å². The molecule has 1 aromatic heterocycles. The summed E-state index contributed by atoms with van der Waals surface area (Å²) in [5.74, 6) is 0.538. The van der Waals surface area contributed by atoms with Crippen molar-refractivity contribution in [3.63, 3.8) is 0 Å². The lowest BCUT2D eigenvalue weighted by molar-refractivity contribution is -0.128. The SMILES string of the molecule is CC(C)CN1C[C@@H](C(=O)Nc2n[nH]c3ccccc23)CC1=O. The third-order valence-electron chi connectivity index (χ3n) is 3.88. The average molecular weight is 300 g/mol. The lowest BCUT2D eigenvalue weighted by Crippen LogP contribution is -2.31. The van der Waals surface area contributed by atoms with Crippen LogP contribution in [0.2, 0.25) is 0 Å². The normalized spacial score (nSPS) is 18.4. The van der Waals surface area contributed by atoms with Crippen molar-refractivity contribution < 1.29 is 9.59 Å². The Kier molecular flexibility index (Phi) is 3.83. The number of aromatic nitrogens is 2. The molecule has 2 amide bonds. The second-order valence-corrected chi connectivity index (χ2v) is 6.20. The van der Waals surface area contributed by atoms with E-state index in [9.17, 15) is 9.59 Å². The zero-order valence-corrected chi connectivity index (χ0v) is 12.8. The summed E-state index contributed by atoms with van der Waals surface area (Å²) in [4.78, 5) is 26.1. The van der Waals surface area contributed by atoms with Gasteiger partial charge in [-0.15, -0.1) is 0 Å². The summed E-state index contributed by atoms with van der Waals surface area (Å²) in [6, 6.07) is 7.61. The third-order valence-corrected chi connectivity index (χ3v) is 3.88. The topological polar surface area (TPSA) is 78.1 Å². The molecule has 0 spiro atoms. The van der Waals surface area contributed by atoms with Crippen molar-refractivity contribution in [3.05, 3.63) is 24.3 Å². The van der Waals surface area contributed by atoms with Crippen LogP contribution in [0.3, 0.4) is 0 Å². The lowest BCUT2D eigenvalue weighted by atomic mass is 10.1. The Morgan fingerprint density at radius 2 is 2.23 bits per heavy atom. The summed E-state index contributed by atoms with van der Waals surface area (Å²) in [6.07, 6.45) is 0.279. The smallest absolute Gasteiger partial charge is 0.231 e. The molecular weight excluding hydrogens is 280 g/mol. The second-order valence-electron chi connectivity index (χ2n) is 6.20. The van der Waals surface area contributed by atoms with Gasteiger partial charge in [-0.25, -0.2) is 0 Å². The molecule has 1 aromatic carbocycles. The standard InChI is InChI=1S/C16H20N4O2/c1-10(2)8-20-9-11(7-14(20)21)16(22)17-15-12-5-3-4-6-13(12)18-19-15/h3-6,10-11H,7-9H2,1-2H3,(H2,17,18,19,22)/t11-/m0/s1. The maximum absolute atomic E-state index is 12.4. The van der Waals surface area contributed by atoms with Crippen molar-refractivity contribution in [2.24, 2.45) is 11.8 Å². The summed E-state index contributed by atoms with van der Waals surface area (Å²) >= 11 is 0. The summed E-state index contributed by atoms with van der Waals surface area (Å²) in [6.45, 7) is 5.33. The number of nitrogens with one attached hydrogen (secondary N) is 2. The fourth-order valence-electron chi connectivity index (χ4n) is 2.84. The molecule has 0 aliphatic carbocycles. The number of carbonyl (C=O) groups is 2. The number of para-hydroxylation sites is 1. The molecule has 1 saturated heterocycles. The van der Waals surface area contributed by atoms with Crippen molar-refractivity contribution in [1.29, 1.82) is 0 Å². The minimum Gasteiger partial charge on any atom is -0.342 e. The molecule has 1 fully saturated rings. The van der Waals surface area contributed by atoms with Gasteiger partial charge >= 0.3 is 0 Å². The Hall–Kier alpha value is -2.37. The number of amides is 2. The Morgan fingerprint density at radius 3 is 3.00 bits per heavy atom. The van der Waals surface area contributed by atoms with Gasteiger partial charge in [0.15, 0.2) is 5.82 Å². The number of hydrogen-bond donors (Lipinski definition) is 2. The molecule has 116 valence electrons. The maximum atomic E-state index is 12.4. The van der Waals surface area contributed by atoms with Crippen LogP contribution in [0.15, 0.2) is 24.3 Å². The van der Waals surface area contributed by atoms with Gasteiger partial charge in [0.25, 0.3) is 0 Å². The van der Waals surface area contributed by atoms with Gasteiger partial charge in [-0.2, -0.15) is 5.10 Å². The summed E-state index contributed by atoms with van der Waals surface area (Å²) < 4.78 is 0. The molecular formula is C16H20N4O2. The van der Waals surface area contributed by atoms with E-state index in [1.807, 2.05) is 24.3 Å². The van der Waals surface area contributed by atoms with Crippen molar-refractivity contribution in [2.75, 3.05) is 18.4 Å². The highest BCUT2D eigenvalue weighted by molar-refractivity contribution is 6.02. The fourth-order valence-corrected chi connectivity index (χ4v) is 2.84. The molecule has 1 aliphatic rings. The van der Waals surface area contributed by atoms with Crippen LogP contribution < -0.4 is 5.32 Å². The molecule has 0 saturated carbocycles. The molecule has 0 bridgehead atoms. The number of aromatic amines is 1. The number of benzene rings is 1. The number of hydrogen-bond acceptors (Lipinski definition) is 3. The first-order valence-corrected chi connectivity index (χ1v) is 7.56. The van der Waals surface area contributed by atoms with Crippen LogP contribution in [0.4, 0.5) is 5.82 Å². The number of anilines is 1. The van der Waals surface area contributed by atoms with Crippen molar-refractivity contribution in [1.82, 2.24) is 15.1 Å². The van der Waals surface area contributed by atoms with E-state index in [1.54, 1.807) is 4.90 Å². The van der Waals surface area contributed by atoms with Crippen molar-refractivity contribution in [3.8, 4) is 0 Å². The predicted molar refractivity (Wildman–Crippen MR) is 84.2 cm³/mol. The first-order chi connectivity index (χ1) is 10.5. The van der Waals surface area contributed by atoms with E-state index in [0.717, 1.165) is 10.9 Å². The Balaban J connectivity index is 1.69. The third kappa shape index (κ3) is 2.81. The van der Waals surface area contributed by atoms with Gasteiger partial charge in [-0.05, 0) is 18.1 Å². The number of likely N-dealkylation sites (tertiary alicyclic amines) is 1. The average Bonchev–Trinajstić information content (AvgIpc) is 3.04. The molecule has 6 heteroatoms. The van der Waals surface area contributed by atoms with E-state index in [-0.39, 0.29) is 24.2 Å². The Bertz CT molecular complexity index is 707. The van der Waals surface area contributed by atoms with Crippen molar-refractivity contribution >= 4 is 28.5 Å². The molecule has 2 heterocycles. The number of H-pyrrole nitrogens is 1. The summed E-state index contributed by atoms with van der Waals surface area (Å²) in [7, 11) is 0. The highest BCUT2D eigenvalue weighted by Gasteiger charge is 2.34. The number of fused-ring (bicyclic) bond motifs is 1. The lowest BCUT2D eigenvalue weighted by Gasteiger charge is -2.18. The van der Waals surface area contributed by atoms with Gasteiger partial charge in [0.1, 0.15) is 0 Å². The highest BCUT2D eigenvalue weighted by atomic mass is 16.2. The van der Waals surface area contributed by atoms with Crippen LogP contribution in [-0.2, 0) is 9.59 Å². The number of carbonyl (C=O) groups excluding carboxylic acids is 2. The molecule has 2 N–H and O–H groups in total. The molecule has 1 atom stereocenters. The van der Waals surface area contributed by atoms with Gasteiger partial charge in [0.2, 0.25) is 11.8 Å². The van der Waals surface area contributed by atoms with E-state index in [1.165, 1.54) is 0 Å². The van der Waals surface area contributed by atoms with E-state index in [4.69, 9.17) is 0 Å². The second kappa shape index (κ2) is 5.79. The molecule has 0 radical (unpaired) electrons. The van der Waals surface area contributed by atoms with Crippen LogP contribution in [0.25, 0.3) is 10.9 Å². The zero-order chi connectivity index (χ0) is 15.7. The maximum Gasteiger partial charge on any atom is 0.231 e. The molecule has 6 nitrogen and oxygen atoms in total. The molecule has 22 heavy (non-hydrogen) atoms. The van der Waals surface area contributed by atoms with Crippen LogP contribution in [0.5, 0.6) is 0 Å². The van der Waals surface area contributed by atoms with Crippen LogP contribution in [0, 0.1) is 11.8 Å². The van der Waals surface area contributed by atoms with Gasteiger partial charge in [0, 0.05) is 24.9 Å². The first-order valence-electron chi connectivity index (χ1n) is 7.56. The summed E-state index contributed by atoms with van der Waals surface area (Å²) in [5.41, 5.74) is 0.877. The Labute approximate surface area is 128 Å². The first kappa shape index (κ1) is 14.6. The predicted octanol–water partition coefficient (Wildman–Crippen LogP) is 2.01. The van der Waals surface area contributed by atoms with Gasteiger partial charge in [-0.3, -0.25) is 14.7 Å². The van der Waals surface area contributed by atoms with Gasteiger partial charge < -0.3 is 10.2 Å². The van der Waals surface area contributed by atoms with Crippen molar-refractivity contribution in [2.45, 2.75) is 20.3 Å². The van der Waals surface area contributed by atoms with E-state index >= 15 is 0 Å². The fraction of sp³-hybridized carbons (Fsp3) is 0.438. The molecule has 0 unspecified atom stereocenters. The zero-order valence-electron chi connectivity index (χ0n) is 12.8.